The number of unbranched alkanes of at least 4 members (excludes halogenated alkanes) is 9. The molecule has 0 rings (SSSR count). The van der Waals surface area contributed by atoms with Crippen LogP contribution in [0.1, 0.15) is 71.1 Å². The van der Waals surface area contributed by atoms with E-state index in [0.29, 0.717) is 6.42 Å². The van der Waals surface area contributed by atoms with Crippen molar-refractivity contribution in [2.24, 2.45) is 5.73 Å². The molecule has 0 saturated heterocycles. The molecule has 0 saturated carbocycles. The Hall–Kier alpha value is -0.900. The Bertz CT molecular complexity index is 230. The predicted octanol–water partition coefficient (Wildman–Crippen LogP) is 2.46. The minimum absolute atomic E-state index is 0.0624. The highest BCUT2D eigenvalue weighted by Gasteiger charge is 2.04. The third kappa shape index (κ3) is 13.3. The van der Waals surface area contributed by atoms with E-state index in [1.54, 1.807) is 6.92 Å². The molecule has 0 aliphatic heterocycles. The SMILES string of the molecule is C[C@H](N)C(=O)NCCCCCCCCCCC[C]=O. The highest BCUT2D eigenvalue weighted by atomic mass is 16.2. The van der Waals surface area contributed by atoms with Crippen molar-refractivity contribution in [3.05, 3.63) is 0 Å². The molecule has 4 nitrogen and oxygen atoms in total. The van der Waals surface area contributed by atoms with E-state index in [0.717, 1.165) is 25.8 Å². The van der Waals surface area contributed by atoms with Crippen LogP contribution in [0, 0.1) is 0 Å². The molecule has 0 aromatic carbocycles. The van der Waals surface area contributed by atoms with Gasteiger partial charge in [0.25, 0.3) is 0 Å². The van der Waals surface area contributed by atoms with Crippen LogP contribution in [0.2, 0.25) is 0 Å². The smallest absolute Gasteiger partial charge is 0.236 e. The molecular weight excluding hydrogens is 240 g/mol. The fourth-order valence-corrected chi connectivity index (χ4v) is 1.93. The van der Waals surface area contributed by atoms with E-state index in [4.69, 9.17) is 5.73 Å². The van der Waals surface area contributed by atoms with Gasteiger partial charge in [0.05, 0.1) is 6.04 Å². The summed E-state index contributed by atoms with van der Waals surface area (Å²) in [5, 5.41) is 2.82. The molecule has 1 atom stereocenters. The van der Waals surface area contributed by atoms with Crippen LogP contribution in [0.15, 0.2) is 0 Å². The lowest BCUT2D eigenvalue weighted by Crippen LogP contribution is -2.38. The maximum Gasteiger partial charge on any atom is 0.236 e. The minimum Gasteiger partial charge on any atom is -0.355 e. The molecule has 0 bridgehead atoms. The van der Waals surface area contributed by atoms with Gasteiger partial charge in [-0.1, -0.05) is 44.9 Å². The predicted molar refractivity (Wildman–Crippen MR) is 78.5 cm³/mol. The van der Waals surface area contributed by atoms with Gasteiger partial charge >= 0.3 is 0 Å². The highest BCUT2D eigenvalue weighted by molar-refractivity contribution is 5.80. The van der Waals surface area contributed by atoms with Gasteiger partial charge in [0.2, 0.25) is 5.91 Å². The topological polar surface area (TPSA) is 72.2 Å². The van der Waals surface area contributed by atoms with Gasteiger partial charge in [0, 0.05) is 13.0 Å². The third-order valence-corrected chi connectivity index (χ3v) is 3.17. The first kappa shape index (κ1) is 18.1. The lowest BCUT2D eigenvalue weighted by Gasteiger charge is -2.07. The van der Waals surface area contributed by atoms with E-state index < -0.39 is 6.04 Å². The quantitative estimate of drug-likeness (QED) is 0.504. The van der Waals surface area contributed by atoms with Crippen molar-refractivity contribution in [1.82, 2.24) is 5.32 Å². The Morgan fingerprint density at radius 2 is 1.47 bits per heavy atom. The lowest BCUT2D eigenvalue weighted by molar-refractivity contribution is -0.121. The summed E-state index contributed by atoms with van der Waals surface area (Å²) in [5.41, 5.74) is 5.44. The number of nitrogens with one attached hydrogen (secondary N) is 1. The fraction of sp³-hybridized carbons (Fsp3) is 0.867. The number of hydrogen-bond acceptors (Lipinski definition) is 3. The molecule has 0 fully saturated rings. The molecule has 4 heteroatoms. The van der Waals surface area contributed by atoms with Gasteiger partial charge in [0.15, 0.2) is 6.29 Å². The molecule has 0 heterocycles. The largest absolute Gasteiger partial charge is 0.355 e. The highest BCUT2D eigenvalue weighted by Crippen LogP contribution is 2.09. The monoisotopic (exact) mass is 269 g/mol. The van der Waals surface area contributed by atoms with Crippen molar-refractivity contribution in [3.63, 3.8) is 0 Å². The fourth-order valence-electron chi connectivity index (χ4n) is 1.93. The molecular formula is C15H29N2O2. The van der Waals surface area contributed by atoms with Crippen molar-refractivity contribution >= 4 is 12.2 Å². The van der Waals surface area contributed by atoms with Gasteiger partial charge in [0.1, 0.15) is 0 Å². The second-order valence-electron chi connectivity index (χ2n) is 5.16. The summed E-state index contributed by atoms with van der Waals surface area (Å²) in [6.07, 6.45) is 13.1. The first-order valence-corrected chi connectivity index (χ1v) is 7.56. The van der Waals surface area contributed by atoms with Crippen molar-refractivity contribution in [2.45, 2.75) is 77.2 Å². The molecule has 1 amide bonds. The molecule has 19 heavy (non-hydrogen) atoms. The zero-order valence-electron chi connectivity index (χ0n) is 12.2. The van der Waals surface area contributed by atoms with E-state index in [1.807, 2.05) is 6.29 Å². The molecule has 0 unspecified atom stereocenters. The number of carbonyl (C=O) groups excluding carboxylic acids is 2. The van der Waals surface area contributed by atoms with Crippen LogP contribution >= 0.6 is 0 Å². The number of amides is 1. The summed E-state index contributed by atoms with van der Waals surface area (Å²) in [7, 11) is 0. The minimum atomic E-state index is -0.406. The van der Waals surface area contributed by atoms with Gasteiger partial charge < -0.3 is 11.1 Å². The van der Waals surface area contributed by atoms with E-state index in [9.17, 15) is 9.59 Å². The standard InChI is InChI=1S/C15H29N2O2/c1-14(16)15(19)17-12-10-8-6-4-2-3-5-7-9-11-13-18/h14H,2-12,16H2,1H3,(H,17,19)/t14-/m0/s1. The van der Waals surface area contributed by atoms with Gasteiger partial charge in [-0.3, -0.25) is 9.59 Å². The van der Waals surface area contributed by atoms with Crippen molar-refractivity contribution in [2.75, 3.05) is 6.54 Å². The Morgan fingerprint density at radius 3 is 1.95 bits per heavy atom. The summed E-state index contributed by atoms with van der Waals surface area (Å²) < 4.78 is 0. The number of nitrogens with two attached hydrogens (primary N) is 1. The Balaban J connectivity index is 3.07. The van der Waals surface area contributed by atoms with Gasteiger partial charge in [-0.05, 0) is 19.8 Å². The molecule has 0 aliphatic carbocycles. The van der Waals surface area contributed by atoms with Crippen LogP contribution in [0.4, 0.5) is 0 Å². The Morgan fingerprint density at radius 1 is 1.00 bits per heavy atom. The molecule has 0 aliphatic rings. The van der Waals surface area contributed by atoms with Crippen LogP contribution in [0.5, 0.6) is 0 Å². The van der Waals surface area contributed by atoms with Crippen LogP contribution < -0.4 is 11.1 Å². The third-order valence-electron chi connectivity index (χ3n) is 3.17. The number of carbonyl (C=O) groups is 1. The lowest BCUT2D eigenvalue weighted by atomic mass is 10.1. The first-order chi connectivity index (χ1) is 9.18. The zero-order chi connectivity index (χ0) is 14.3. The summed E-state index contributed by atoms with van der Waals surface area (Å²) in [5.74, 6) is -0.0624. The maximum atomic E-state index is 11.2. The van der Waals surface area contributed by atoms with E-state index in [1.165, 1.54) is 38.5 Å². The zero-order valence-corrected chi connectivity index (χ0v) is 12.2. The van der Waals surface area contributed by atoms with Crippen LogP contribution in [0.25, 0.3) is 0 Å². The van der Waals surface area contributed by atoms with Crippen LogP contribution in [0.3, 0.4) is 0 Å². The maximum absolute atomic E-state index is 11.2. The molecule has 0 spiro atoms. The number of rotatable bonds is 13. The normalized spacial score (nSPS) is 12.1. The molecule has 3 N–H and O–H groups in total. The average molecular weight is 269 g/mol. The van der Waals surface area contributed by atoms with Crippen molar-refractivity contribution in [3.8, 4) is 0 Å². The van der Waals surface area contributed by atoms with E-state index >= 15 is 0 Å². The average Bonchev–Trinajstić information content (AvgIpc) is 2.39. The van der Waals surface area contributed by atoms with Gasteiger partial charge in [-0.25, -0.2) is 0 Å². The van der Waals surface area contributed by atoms with Crippen LogP contribution in [-0.4, -0.2) is 24.8 Å². The first-order valence-electron chi connectivity index (χ1n) is 7.56. The van der Waals surface area contributed by atoms with E-state index in [2.05, 4.69) is 5.32 Å². The molecule has 1 radical (unpaired) electrons. The second kappa shape index (κ2) is 13.5. The van der Waals surface area contributed by atoms with Gasteiger partial charge in [-0.2, -0.15) is 0 Å². The summed E-state index contributed by atoms with van der Waals surface area (Å²) in [6.45, 7) is 2.44. The Labute approximate surface area is 117 Å². The Kier molecular flexibility index (Phi) is 12.9. The number of hydrogen-bond donors (Lipinski definition) is 2. The van der Waals surface area contributed by atoms with Crippen molar-refractivity contribution in [1.29, 1.82) is 0 Å². The second-order valence-corrected chi connectivity index (χ2v) is 5.16. The van der Waals surface area contributed by atoms with Crippen molar-refractivity contribution < 1.29 is 9.59 Å². The molecule has 111 valence electrons. The summed E-state index contributed by atoms with van der Waals surface area (Å²) in [4.78, 5) is 21.2. The van der Waals surface area contributed by atoms with Gasteiger partial charge in [-0.15, -0.1) is 0 Å². The summed E-state index contributed by atoms with van der Waals surface area (Å²) in [6, 6.07) is -0.406. The molecule has 0 aromatic rings. The molecule has 0 aromatic heterocycles. The van der Waals surface area contributed by atoms with Crippen LogP contribution in [-0.2, 0) is 9.59 Å². The summed E-state index contributed by atoms with van der Waals surface area (Å²) >= 11 is 0. The van der Waals surface area contributed by atoms with E-state index in [-0.39, 0.29) is 5.91 Å².